The molecule has 0 saturated carbocycles. The Balaban J connectivity index is 1.67. The zero-order chi connectivity index (χ0) is 15.6. The van der Waals surface area contributed by atoms with Crippen LogP contribution < -0.4 is 10.6 Å². The monoisotopic (exact) mass is 307 g/mol. The largest absolute Gasteiger partial charge is 0.382 e. The molecule has 116 valence electrons. The average molecular weight is 307 g/mol. The topological polar surface area (TPSA) is 77.2 Å². The first-order valence-corrected chi connectivity index (χ1v) is 7.61. The van der Waals surface area contributed by atoms with Crippen molar-refractivity contribution < 1.29 is 4.74 Å². The Labute approximate surface area is 133 Å². The molecule has 0 radical (unpaired) electrons. The maximum absolute atomic E-state index is 6.01. The van der Waals surface area contributed by atoms with E-state index < -0.39 is 0 Å². The summed E-state index contributed by atoms with van der Waals surface area (Å²) < 4.78 is 5.39. The Hall–Kier alpha value is -2.73. The van der Waals surface area contributed by atoms with Crippen molar-refractivity contribution in [2.24, 2.45) is 0 Å². The van der Waals surface area contributed by atoms with Crippen molar-refractivity contribution >= 4 is 22.5 Å². The van der Waals surface area contributed by atoms with E-state index >= 15 is 0 Å². The molecular weight excluding hydrogens is 290 g/mol. The van der Waals surface area contributed by atoms with Gasteiger partial charge in [0.1, 0.15) is 5.52 Å². The molecule has 23 heavy (non-hydrogen) atoms. The summed E-state index contributed by atoms with van der Waals surface area (Å²) in [5.74, 6) is 0.405. The summed E-state index contributed by atoms with van der Waals surface area (Å²) in [5.41, 5.74) is 10.4. The Kier molecular flexibility index (Phi) is 3.51. The number of nitrogens with zero attached hydrogens (tertiary/aromatic N) is 4. The zero-order valence-corrected chi connectivity index (χ0v) is 12.6. The Morgan fingerprint density at radius 2 is 1.74 bits per heavy atom. The molecular formula is C17H17N5O. The molecule has 2 N–H and O–H groups in total. The minimum absolute atomic E-state index is 0.405. The Morgan fingerprint density at radius 3 is 2.52 bits per heavy atom. The first kappa shape index (κ1) is 13.9. The van der Waals surface area contributed by atoms with Gasteiger partial charge in [-0.3, -0.25) is 4.98 Å². The molecule has 0 atom stereocenters. The van der Waals surface area contributed by atoms with E-state index in [4.69, 9.17) is 10.5 Å². The van der Waals surface area contributed by atoms with E-state index in [0.29, 0.717) is 11.3 Å². The van der Waals surface area contributed by atoms with E-state index in [0.717, 1.165) is 43.1 Å². The molecule has 1 saturated heterocycles. The summed E-state index contributed by atoms with van der Waals surface area (Å²) in [6.07, 6.45) is 3.28. The molecule has 0 spiro atoms. The van der Waals surface area contributed by atoms with Gasteiger partial charge in [-0.1, -0.05) is 12.1 Å². The number of morpholine rings is 1. The van der Waals surface area contributed by atoms with Gasteiger partial charge in [0.05, 0.1) is 24.4 Å². The molecule has 0 unspecified atom stereocenters. The number of nitrogens with two attached hydrogens (primary N) is 1. The molecule has 1 aromatic carbocycles. The van der Waals surface area contributed by atoms with E-state index in [9.17, 15) is 0 Å². The number of rotatable bonds is 2. The SMILES string of the molecule is Nc1nc(-c2ccc(N3CCOCC3)cc2)cc2nccnc12. The normalized spacial score (nSPS) is 15.0. The van der Waals surface area contributed by atoms with Crippen LogP contribution in [0.5, 0.6) is 0 Å². The fourth-order valence-electron chi connectivity index (χ4n) is 2.81. The maximum Gasteiger partial charge on any atom is 0.152 e. The first-order valence-electron chi connectivity index (χ1n) is 7.61. The molecule has 1 fully saturated rings. The predicted molar refractivity (Wildman–Crippen MR) is 90.2 cm³/mol. The predicted octanol–water partition coefficient (Wildman–Crippen LogP) is 2.11. The number of benzene rings is 1. The van der Waals surface area contributed by atoms with Crippen LogP contribution in [0.1, 0.15) is 0 Å². The Bertz CT molecular complexity index is 828. The summed E-state index contributed by atoms with van der Waals surface area (Å²) in [4.78, 5) is 15.3. The minimum atomic E-state index is 0.405. The smallest absolute Gasteiger partial charge is 0.152 e. The van der Waals surface area contributed by atoms with Crippen LogP contribution in [0.4, 0.5) is 11.5 Å². The molecule has 0 bridgehead atoms. The van der Waals surface area contributed by atoms with E-state index in [2.05, 4.69) is 44.1 Å². The fraction of sp³-hybridized carbons (Fsp3) is 0.235. The highest BCUT2D eigenvalue weighted by Gasteiger charge is 2.12. The maximum atomic E-state index is 6.01. The summed E-state index contributed by atoms with van der Waals surface area (Å²) in [6.45, 7) is 3.42. The second-order valence-electron chi connectivity index (χ2n) is 5.46. The molecule has 1 aliphatic heterocycles. The van der Waals surface area contributed by atoms with Gasteiger partial charge >= 0.3 is 0 Å². The third-order valence-electron chi connectivity index (χ3n) is 4.02. The highest BCUT2D eigenvalue weighted by atomic mass is 16.5. The highest BCUT2D eigenvalue weighted by molar-refractivity contribution is 5.87. The van der Waals surface area contributed by atoms with Crippen LogP contribution in [-0.4, -0.2) is 41.3 Å². The Morgan fingerprint density at radius 1 is 1.00 bits per heavy atom. The number of nitrogen functional groups attached to an aromatic ring is 1. The molecule has 3 aromatic rings. The van der Waals surface area contributed by atoms with Gasteiger partial charge in [-0.05, 0) is 18.2 Å². The molecule has 2 aromatic heterocycles. The number of anilines is 2. The van der Waals surface area contributed by atoms with Crippen molar-refractivity contribution in [1.82, 2.24) is 15.0 Å². The van der Waals surface area contributed by atoms with Gasteiger partial charge in [0.2, 0.25) is 0 Å². The average Bonchev–Trinajstić information content (AvgIpc) is 2.63. The van der Waals surface area contributed by atoms with Gasteiger partial charge in [0, 0.05) is 36.7 Å². The van der Waals surface area contributed by atoms with Gasteiger partial charge in [-0.15, -0.1) is 0 Å². The van der Waals surface area contributed by atoms with Crippen LogP contribution in [0, 0.1) is 0 Å². The van der Waals surface area contributed by atoms with Gasteiger partial charge in [0.25, 0.3) is 0 Å². The van der Waals surface area contributed by atoms with Crippen LogP contribution in [0.3, 0.4) is 0 Å². The number of pyridine rings is 1. The van der Waals surface area contributed by atoms with Crippen LogP contribution >= 0.6 is 0 Å². The van der Waals surface area contributed by atoms with Crippen molar-refractivity contribution in [2.75, 3.05) is 36.9 Å². The minimum Gasteiger partial charge on any atom is -0.382 e. The van der Waals surface area contributed by atoms with Crippen molar-refractivity contribution in [3.05, 3.63) is 42.7 Å². The van der Waals surface area contributed by atoms with Crippen molar-refractivity contribution in [3.63, 3.8) is 0 Å². The lowest BCUT2D eigenvalue weighted by molar-refractivity contribution is 0.122. The fourth-order valence-corrected chi connectivity index (χ4v) is 2.81. The van der Waals surface area contributed by atoms with Crippen molar-refractivity contribution in [2.45, 2.75) is 0 Å². The molecule has 1 aliphatic rings. The number of ether oxygens (including phenoxy) is 1. The molecule has 3 heterocycles. The third kappa shape index (κ3) is 2.68. The summed E-state index contributed by atoms with van der Waals surface area (Å²) >= 11 is 0. The van der Waals surface area contributed by atoms with Gasteiger partial charge < -0.3 is 15.4 Å². The van der Waals surface area contributed by atoms with Crippen molar-refractivity contribution in [3.8, 4) is 11.3 Å². The van der Waals surface area contributed by atoms with Crippen molar-refractivity contribution in [1.29, 1.82) is 0 Å². The number of fused-ring (bicyclic) bond motifs is 1. The van der Waals surface area contributed by atoms with Crippen LogP contribution in [0.15, 0.2) is 42.7 Å². The summed E-state index contributed by atoms with van der Waals surface area (Å²) in [6, 6.07) is 10.3. The summed E-state index contributed by atoms with van der Waals surface area (Å²) in [5, 5.41) is 0. The van der Waals surface area contributed by atoms with Gasteiger partial charge in [-0.25, -0.2) is 9.97 Å². The molecule has 0 aliphatic carbocycles. The lowest BCUT2D eigenvalue weighted by Crippen LogP contribution is -2.36. The lowest BCUT2D eigenvalue weighted by Gasteiger charge is -2.28. The van der Waals surface area contributed by atoms with Crippen LogP contribution in [-0.2, 0) is 4.74 Å². The van der Waals surface area contributed by atoms with E-state index in [1.54, 1.807) is 12.4 Å². The third-order valence-corrected chi connectivity index (χ3v) is 4.02. The van der Waals surface area contributed by atoms with E-state index in [1.807, 2.05) is 6.07 Å². The van der Waals surface area contributed by atoms with Crippen LogP contribution in [0.25, 0.3) is 22.3 Å². The van der Waals surface area contributed by atoms with Crippen LogP contribution in [0.2, 0.25) is 0 Å². The first-order chi connectivity index (χ1) is 11.3. The number of hydrogen-bond acceptors (Lipinski definition) is 6. The van der Waals surface area contributed by atoms with E-state index in [1.165, 1.54) is 5.69 Å². The lowest BCUT2D eigenvalue weighted by atomic mass is 10.1. The number of aromatic nitrogens is 3. The number of hydrogen-bond donors (Lipinski definition) is 1. The quantitative estimate of drug-likeness (QED) is 0.781. The molecule has 4 rings (SSSR count). The second-order valence-corrected chi connectivity index (χ2v) is 5.46. The summed E-state index contributed by atoms with van der Waals surface area (Å²) in [7, 11) is 0. The standard InChI is InChI=1S/C17H17N5O/c18-17-16-15(19-5-6-20-16)11-14(21-17)12-1-3-13(4-2-12)22-7-9-23-10-8-22/h1-6,11H,7-10H2,(H2,18,21). The molecule has 6 nitrogen and oxygen atoms in total. The van der Waals surface area contributed by atoms with E-state index in [-0.39, 0.29) is 0 Å². The zero-order valence-electron chi connectivity index (χ0n) is 12.6. The second kappa shape index (κ2) is 5.81. The highest BCUT2D eigenvalue weighted by Crippen LogP contribution is 2.26. The molecule has 0 amide bonds. The van der Waals surface area contributed by atoms with Gasteiger partial charge in [-0.2, -0.15) is 0 Å². The molecule has 6 heteroatoms. The van der Waals surface area contributed by atoms with Gasteiger partial charge in [0.15, 0.2) is 5.82 Å².